The third kappa shape index (κ3) is 4.47. The molecular formula is C25H22ClN3O2. The van der Waals surface area contributed by atoms with Gasteiger partial charge in [-0.2, -0.15) is 0 Å². The van der Waals surface area contributed by atoms with E-state index >= 15 is 0 Å². The lowest BCUT2D eigenvalue weighted by Crippen LogP contribution is -2.19. The lowest BCUT2D eigenvalue weighted by atomic mass is 10.0. The van der Waals surface area contributed by atoms with Crippen molar-refractivity contribution in [3.63, 3.8) is 0 Å². The van der Waals surface area contributed by atoms with Crippen molar-refractivity contribution < 1.29 is 4.74 Å². The lowest BCUT2D eigenvalue weighted by molar-refractivity contribution is 0.415. The van der Waals surface area contributed by atoms with Gasteiger partial charge in [0.25, 0.3) is 5.56 Å². The molecule has 4 rings (SSSR count). The van der Waals surface area contributed by atoms with Crippen LogP contribution in [0.15, 0.2) is 88.6 Å². The predicted octanol–water partition coefficient (Wildman–Crippen LogP) is 5.50. The molecule has 1 aromatic heterocycles. The summed E-state index contributed by atoms with van der Waals surface area (Å²) in [5, 5.41) is 3.95. The number of nitrogens with zero attached hydrogens (tertiary/aromatic N) is 2. The summed E-state index contributed by atoms with van der Waals surface area (Å²) >= 11 is 5.97. The second-order valence-electron chi connectivity index (χ2n) is 7.09. The third-order valence-corrected chi connectivity index (χ3v) is 5.31. The second-order valence-corrected chi connectivity index (χ2v) is 7.53. The minimum atomic E-state index is -0.144. The molecule has 0 spiro atoms. The molecule has 156 valence electrons. The first-order chi connectivity index (χ1) is 15.1. The largest absolute Gasteiger partial charge is 0.497 e. The number of para-hydroxylation sites is 1. The van der Waals surface area contributed by atoms with E-state index in [0.29, 0.717) is 28.5 Å². The number of aromatic amines is 1. The van der Waals surface area contributed by atoms with Crippen LogP contribution in [-0.4, -0.2) is 22.6 Å². The molecule has 0 saturated carbocycles. The van der Waals surface area contributed by atoms with Crippen molar-refractivity contribution in [2.45, 2.75) is 13.5 Å². The Hall–Kier alpha value is -3.57. The Bertz CT molecular complexity index is 1260. The zero-order valence-corrected chi connectivity index (χ0v) is 18.1. The summed E-state index contributed by atoms with van der Waals surface area (Å²) < 4.78 is 6.82. The van der Waals surface area contributed by atoms with Crippen LogP contribution in [0.4, 0.5) is 0 Å². The molecule has 0 unspecified atom stereocenters. The van der Waals surface area contributed by atoms with E-state index in [-0.39, 0.29) is 5.56 Å². The van der Waals surface area contributed by atoms with Crippen molar-refractivity contribution in [3.8, 4) is 22.7 Å². The van der Waals surface area contributed by atoms with Crippen LogP contribution in [0.5, 0.6) is 5.75 Å². The minimum Gasteiger partial charge on any atom is -0.497 e. The molecule has 0 aliphatic carbocycles. The summed E-state index contributed by atoms with van der Waals surface area (Å²) in [5.41, 5.74) is 4.44. The quantitative estimate of drug-likeness (QED) is 0.409. The number of benzene rings is 3. The van der Waals surface area contributed by atoms with Gasteiger partial charge in [-0.05, 0) is 61.0 Å². The van der Waals surface area contributed by atoms with E-state index in [0.717, 1.165) is 22.6 Å². The molecule has 3 aromatic carbocycles. The number of hydrogen-bond acceptors (Lipinski definition) is 3. The third-order valence-electron chi connectivity index (χ3n) is 5.06. The van der Waals surface area contributed by atoms with Crippen LogP contribution in [0.1, 0.15) is 18.1 Å². The fraction of sp³-hybridized carbons (Fsp3) is 0.120. The number of nitrogens with one attached hydrogen (secondary N) is 1. The van der Waals surface area contributed by atoms with Gasteiger partial charge in [0.05, 0.1) is 30.6 Å². The van der Waals surface area contributed by atoms with E-state index in [4.69, 9.17) is 21.3 Å². The molecule has 5 nitrogen and oxygen atoms in total. The van der Waals surface area contributed by atoms with Gasteiger partial charge in [-0.15, -0.1) is 0 Å². The Morgan fingerprint density at radius 1 is 1.00 bits per heavy atom. The van der Waals surface area contributed by atoms with Gasteiger partial charge in [0.1, 0.15) is 5.75 Å². The second kappa shape index (κ2) is 9.06. The van der Waals surface area contributed by atoms with Crippen molar-refractivity contribution in [1.29, 1.82) is 0 Å². The topological polar surface area (TPSA) is 59.4 Å². The van der Waals surface area contributed by atoms with Crippen molar-refractivity contribution >= 4 is 17.3 Å². The summed E-state index contributed by atoms with van der Waals surface area (Å²) in [6.45, 7) is 2.32. The van der Waals surface area contributed by atoms with E-state index in [1.165, 1.54) is 0 Å². The monoisotopic (exact) mass is 431 g/mol. The van der Waals surface area contributed by atoms with Crippen LogP contribution in [0.2, 0.25) is 5.02 Å². The summed E-state index contributed by atoms with van der Waals surface area (Å²) in [5.74, 6) is 0.753. The number of ether oxygens (including phenoxy) is 1. The van der Waals surface area contributed by atoms with Crippen LogP contribution in [0.3, 0.4) is 0 Å². The molecule has 0 aliphatic rings. The van der Waals surface area contributed by atoms with Gasteiger partial charge in [-0.3, -0.25) is 14.9 Å². The predicted molar refractivity (Wildman–Crippen MR) is 126 cm³/mol. The molecule has 0 saturated heterocycles. The van der Waals surface area contributed by atoms with Crippen LogP contribution >= 0.6 is 11.6 Å². The molecule has 31 heavy (non-hydrogen) atoms. The van der Waals surface area contributed by atoms with Gasteiger partial charge in [0.15, 0.2) is 0 Å². The minimum absolute atomic E-state index is 0.144. The van der Waals surface area contributed by atoms with Gasteiger partial charge in [-0.25, -0.2) is 4.68 Å². The molecule has 0 fully saturated rings. The first kappa shape index (κ1) is 20.7. The highest BCUT2D eigenvalue weighted by Gasteiger charge is 2.19. The first-order valence-corrected chi connectivity index (χ1v) is 10.3. The summed E-state index contributed by atoms with van der Waals surface area (Å²) in [6, 6.07) is 24.6. The summed E-state index contributed by atoms with van der Waals surface area (Å²) in [4.78, 5) is 18.1. The molecule has 4 aromatic rings. The molecule has 1 N–H and O–H groups in total. The first-order valence-electron chi connectivity index (χ1n) is 9.87. The number of methoxy groups -OCH3 is 1. The van der Waals surface area contributed by atoms with Crippen LogP contribution in [0, 0.1) is 0 Å². The average Bonchev–Trinajstić information content (AvgIpc) is 3.16. The maximum absolute atomic E-state index is 13.4. The highest BCUT2D eigenvalue weighted by molar-refractivity contribution is 6.30. The Morgan fingerprint density at radius 3 is 2.32 bits per heavy atom. The molecule has 0 bridgehead atoms. The van der Waals surface area contributed by atoms with Crippen molar-refractivity contribution in [2.75, 3.05) is 7.11 Å². The van der Waals surface area contributed by atoms with Crippen LogP contribution in [0.25, 0.3) is 16.9 Å². The summed E-state index contributed by atoms with van der Waals surface area (Å²) in [6.07, 6.45) is 0. The van der Waals surface area contributed by atoms with E-state index in [9.17, 15) is 4.79 Å². The molecule has 0 aliphatic heterocycles. The molecule has 6 heteroatoms. The van der Waals surface area contributed by atoms with Gasteiger partial charge in [-0.1, -0.05) is 41.9 Å². The summed E-state index contributed by atoms with van der Waals surface area (Å²) in [7, 11) is 1.63. The number of halogens is 1. The highest BCUT2D eigenvalue weighted by Crippen LogP contribution is 2.24. The SMILES string of the molecule is COc1ccc(-c2[nH]n(-c3ccccc3)c(=O)c2C(C)=NCc2ccc(Cl)cc2)cc1. The van der Waals surface area contributed by atoms with E-state index in [1.54, 1.807) is 11.8 Å². The maximum Gasteiger partial charge on any atom is 0.280 e. The smallest absolute Gasteiger partial charge is 0.280 e. The normalized spacial score (nSPS) is 11.5. The van der Waals surface area contributed by atoms with Crippen molar-refractivity contribution in [2.24, 2.45) is 4.99 Å². The molecule has 0 atom stereocenters. The molecule has 0 radical (unpaired) electrons. The van der Waals surface area contributed by atoms with Gasteiger partial charge in [0.2, 0.25) is 0 Å². The molecule has 0 amide bonds. The number of H-pyrrole nitrogens is 1. The Labute approximate surface area is 185 Å². The standard InChI is InChI=1S/C25H22ClN3O2/c1-17(27-16-18-8-12-20(26)13-9-18)23-24(19-10-14-22(31-2)15-11-19)28-29(25(23)30)21-6-4-3-5-7-21/h3-15,28H,16H2,1-2H3. The molecular weight excluding hydrogens is 410 g/mol. The number of aliphatic imine (C=N–C) groups is 1. The van der Waals surface area contributed by atoms with Gasteiger partial charge >= 0.3 is 0 Å². The fourth-order valence-corrected chi connectivity index (χ4v) is 3.50. The number of hydrogen-bond donors (Lipinski definition) is 1. The van der Waals surface area contributed by atoms with E-state index in [2.05, 4.69) is 5.10 Å². The fourth-order valence-electron chi connectivity index (χ4n) is 3.38. The highest BCUT2D eigenvalue weighted by atomic mass is 35.5. The average molecular weight is 432 g/mol. The Balaban J connectivity index is 1.80. The van der Waals surface area contributed by atoms with Gasteiger partial charge < -0.3 is 4.74 Å². The van der Waals surface area contributed by atoms with E-state index in [1.807, 2.05) is 85.8 Å². The molecule has 1 heterocycles. The maximum atomic E-state index is 13.4. The van der Waals surface area contributed by atoms with Crippen molar-refractivity contribution in [3.05, 3.63) is 105 Å². The number of rotatable bonds is 6. The van der Waals surface area contributed by atoms with Crippen molar-refractivity contribution in [1.82, 2.24) is 9.78 Å². The van der Waals surface area contributed by atoms with Crippen LogP contribution in [-0.2, 0) is 6.54 Å². The van der Waals surface area contributed by atoms with Crippen LogP contribution < -0.4 is 10.3 Å². The van der Waals surface area contributed by atoms with E-state index < -0.39 is 0 Å². The van der Waals surface area contributed by atoms with Gasteiger partial charge in [0, 0.05) is 16.3 Å². The number of aromatic nitrogens is 2. The lowest BCUT2D eigenvalue weighted by Gasteiger charge is -2.05. The zero-order valence-electron chi connectivity index (χ0n) is 17.3. The zero-order chi connectivity index (χ0) is 21.8. The Kier molecular flexibility index (Phi) is 6.05. The Morgan fingerprint density at radius 2 is 1.68 bits per heavy atom.